The van der Waals surface area contributed by atoms with E-state index in [9.17, 15) is 18.8 Å². The molecule has 7 nitrogen and oxygen atoms in total. The lowest BCUT2D eigenvalue weighted by Gasteiger charge is -2.14. The number of imide groups is 1. The Labute approximate surface area is 185 Å². The molecule has 1 aliphatic rings. The predicted octanol–water partition coefficient (Wildman–Crippen LogP) is 3.83. The zero-order chi connectivity index (χ0) is 22.0. The van der Waals surface area contributed by atoms with Crippen LogP contribution in [0.2, 0.25) is 0 Å². The van der Waals surface area contributed by atoms with Gasteiger partial charge in [0.25, 0.3) is 5.56 Å². The first kappa shape index (κ1) is 21.5. The Morgan fingerprint density at radius 3 is 2.84 bits per heavy atom. The first-order valence-corrected chi connectivity index (χ1v) is 11.7. The first-order chi connectivity index (χ1) is 15.0. The number of amides is 2. The molecule has 4 rings (SSSR count). The van der Waals surface area contributed by atoms with Crippen LogP contribution in [0.15, 0.2) is 34.2 Å². The van der Waals surface area contributed by atoms with E-state index < -0.39 is 17.8 Å². The van der Waals surface area contributed by atoms with Crippen molar-refractivity contribution in [1.82, 2.24) is 14.9 Å². The van der Waals surface area contributed by atoms with Crippen LogP contribution in [0.4, 0.5) is 9.18 Å². The molecule has 1 N–H and O–H groups in total. The average Bonchev–Trinajstić information content (AvgIpc) is 3.12. The number of hydrogen-bond donors (Lipinski definition) is 1. The van der Waals surface area contributed by atoms with Gasteiger partial charge in [0.15, 0.2) is 5.16 Å². The van der Waals surface area contributed by atoms with Crippen molar-refractivity contribution in [2.75, 3.05) is 12.4 Å². The lowest BCUT2D eigenvalue weighted by atomic mass is 9.97. The SMILES string of the molecule is CCOC(=O)NC(=O)CSc1nc2sc3c(c2c(=O)n1-c1ccccc1F)CCCC3. The van der Waals surface area contributed by atoms with Gasteiger partial charge in [0, 0.05) is 4.88 Å². The number of nitrogens with zero attached hydrogens (tertiary/aromatic N) is 2. The van der Waals surface area contributed by atoms with Crippen LogP contribution in [-0.2, 0) is 22.4 Å². The number of halogens is 1. The topological polar surface area (TPSA) is 90.3 Å². The van der Waals surface area contributed by atoms with Crippen LogP contribution in [0.5, 0.6) is 0 Å². The van der Waals surface area contributed by atoms with Crippen LogP contribution >= 0.6 is 23.1 Å². The summed E-state index contributed by atoms with van der Waals surface area (Å²) in [5.74, 6) is -1.34. The van der Waals surface area contributed by atoms with Gasteiger partial charge in [0.2, 0.25) is 5.91 Å². The Hall–Kier alpha value is -2.72. The number of thioether (sulfide) groups is 1. The Balaban J connectivity index is 1.77. The van der Waals surface area contributed by atoms with E-state index in [1.165, 1.54) is 28.0 Å². The van der Waals surface area contributed by atoms with E-state index in [0.717, 1.165) is 47.9 Å². The molecule has 0 atom stereocenters. The summed E-state index contributed by atoms with van der Waals surface area (Å²) in [5, 5.41) is 2.83. The molecule has 0 saturated carbocycles. The maximum Gasteiger partial charge on any atom is 0.413 e. The summed E-state index contributed by atoms with van der Waals surface area (Å²) in [6, 6.07) is 5.96. The van der Waals surface area contributed by atoms with Crippen LogP contribution in [0.3, 0.4) is 0 Å². The van der Waals surface area contributed by atoms with E-state index in [2.05, 4.69) is 10.3 Å². The molecule has 2 aromatic heterocycles. The van der Waals surface area contributed by atoms with Crippen molar-refractivity contribution in [1.29, 1.82) is 0 Å². The molecular weight excluding hydrogens is 441 g/mol. The fourth-order valence-electron chi connectivity index (χ4n) is 3.58. The second-order valence-corrected chi connectivity index (χ2v) is 8.96. The van der Waals surface area contributed by atoms with Crippen molar-refractivity contribution in [3.05, 3.63) is 50.9 Å². The zero-order valence-electron chi connectivity index (χ0n) is 16.8. The fourth-order valence-corrected chi connectivity index (χ4v) is 5.68. The maximum absolute atomic E-state index is 14.6. The molecule has 0 saturated heterocycles. The number of carbonyl (C=O) groups is 2. The summed E-state index contributed by atoms with van der Waals surface area (Å²) >= 11 is 2.45. The van der Waals surface area contributed by atoms with Crippen molar-refractivity contribution >= 4 is 45.3 Å². The highest BCUT2D eigenvalue weighted by atomic mass is 32.2. The molecule has 0 spiro atoms. The zero-order valence-corrected chi connectivity index (χ0v) is 18.4. The predicted molar refractivity (Wildman–Crippen MR) is 118 cm³/mol. The number of rotatable bonds is 5. The molecule has 2 amide bonds. The number of aryl methyl sites for hydroxylation is 2. The number of benzene rings is 1. The number of para-hydroxylation sites is 1. The van der Waals surface area contributed by atoms with E-state index >= 15 is 0 Å². The van der Waals surface area contributed by atoms with Gasteiger partial charge in [0.05, 0.1) is 23.4 Å². The molecule has 162 valence electrons. The first-order valence-electron chi connectivity index (χ1n) is 9.91. The van der Waals surface area contributed by atoms with Crippen molar-refractivity contribution in [2.24, 2.45) is 0 Å². The van der Waals surface area contributed by atoms with Crippen LogP contribution in [0.1, 0.15) is 30.2 Å². The van der Waals surface area contributed by atoms with Gasteiger partial charge in [0.1, 0.15) is 10.6 Å². The molecule has 0 fully saturated rings. The highest BCUT2D eigenvalue weighted by Crippen LogP contribution is 2.35. The number of aromatic nitrogens is 2. The van der Waals surface area contributed by atoms with Crippen molar-refractivity contribution < 1.29 is 18.7 Å². The number of ether oxygens (including phenoxy) is 1. The summed E-state index contributed by atoms with van der Waals surface area (Å²) in [5.41, 5.74) is 0.735. The minimum Gasteiger partial charge on any atom is -0.450 e. The van der Waals surface area contributed by atoms with Gasteiger partial charge in [-0.3, -0.25) is 19.5 Å². The van der Waals surface area contributed by atoms with Gasteiger partial charge in [-0.1, -0.05) is 23.9 Å². The Morgan fingerprint density at radius 1 is 1.29 bits per heavy atom. The van der Waals surface area contributed by atoms with Crippen LogP contribution in [0, 0.1) is 5.82 Å². The summed E-state index contributed by atoms with van der Waals surface area (Å²) in [4.78, 5) is 43.4. The number of nitrogens with one attached hydrogen (secondary N) is 1. The molecule has 1 aromatic carbocycles. The molecular formula is C21H20FN3O4S2. The van der Waals surface area contributed by atoms with E-state index in [0.29, 0.717) is 10.2 Å². The molecule has 10 heteroatoms. The summed E-state index contributed by atoms with van der Waals surface area (Å²) in [6.45, 7) is 1.77. The average molecular weight is 462 g/mol. The molecule has 3 aromatic rings. The highest BCUT2D eigenvalue weighted by Gasteiger charge is 2.24. The standard InChI is InChI=1S/C21H20FN3O4S2/c1-2-29-21(28)23-16(26)11-30-20-24-18-17(12-7-3-6-10-15(12)31-18)19(27)25(20)14-9-5-4-8-13(14)22/h4-5,8-9H,2-3,6-7,10-11H2,1H3,(H,23,26,28). The lowest BCUT2D eigenvalue weighted by molar-refractivity contribution is -0.117. The highest BCUT2D eigenvalue weighted by molar-refractivity contribution is 7.99. The van der Waals surface area contributed by atoms with Crippen molar-refractivity contribution in [2.45, 2.75) is 37.8 Å². The molecule has 1 aliphatic carbocycles. The monoisotopic (exact) mass is 461 g/mol. The second-order valence-electron chi connectivity index (χ2n) is 6.93. The van der Waals surface area contributed by atoms with Crippen LogP contribution in [-0.4, -0.2) is 33.9 Å². The van der Waals surface area contributed by atoms with E-state index in [1.807, 2.05) is 0 Å². The van der Waals surface area contributed by atoms with Crippen LogP contribution in [0.25, 0.3) is 15.9 Å². The molecule has 2 heterocycles. The van der Waals surface area contributed by atoms with Gasteiger partial charge in [-0.25, -0.2) is 14.2 Å². The smallest absolute Gasteiger partial charge is 0.413 e. The number of fused-ring (bicyclic) bond motifs is 3. The third-order valence-corrected chi connectivity index (χ3v) is 7.03. The molecule has 0 aliphatic heterocycles. The summed E-state index contributed by atoms with van der Waals surface area (Å²) in [6.07, 6.45) is 2.94. The maximum atomic E-state index is 14.6. The van der Waals surface area contributed by atoms with Gasteiger partial charge < -0.3 is 4.74 Å². The van der Waals surface area contributed by atoms with E-state index in [-0.39, 0.29) is 28.8 Å². The van der Waals surface area contributed by atoms with Gasteiger partial charge in [-0.15, -0.1) is 11.3 Å². The molecule has 0 radical (unpaired) electrons. The third kappa shape index (κ3) is 4.35. The largest absolute Gasteiger partial charge is 0.450 e. The number of thiophene rings is 1. The number of hydrogen-bond acceptors (Lipinski definition) is 7. The normalized spacial score (nSPS) is 13.1. The summed E-state index contributed by atoms with van der Waals surface area (Å²) < 4.78 is 20.5. The van der Waals surface area contributed by atoms with Gasteiger partial charge in [-0.2, -0.15) is 0 Å². The number of alkyl carbamates (subject to hydrolysis) is 1. The minimum atomic E-state index is -0.839. The Morgan fingerprint density at radius 2 is 2.06 bits per heavy atom. The molecule has 31 heavy (non-hydrogen) atoms. The van der Waals surface area contributed by atoms with Gasteiger partial charge in [-0.05, 0) is 50.3 Å². The second kappa shape index (κ2) is 9.19. The molecule has 0 unspecified atom stereocenters. The Kier molecular flexibility index (Phi) is 6.38. The van der Waals surface area contributed by atoms with Gasteiger partial charge >= 0.3 is 6.09 Å². The quantitative estimate of drug-likeness (QED) is 0.459. The Bertz CT molecular complexity index is 1220. The summed E-state index contributed by atoms with van der Waals surface area (Å²) in [7, 11) is 0. The van der Waals surface area contributed by atoms with Crippen LogP contribution < -0.4 is 10.9 Å². The third-order valence-electron chi connectivity index (χ3n) is 4.90. The molecule has 0 bridgehead atoms. The minimum absolute atomic E-state index is 0.0750. The van der Waals surface area contributed by atoms with Crippen molar-refractivity contribution in [3.63, 3.8) is 0 Å². The van der Waals surface area contributed by atoms with E-state index in [4.69, 9.17) is 4.74 Å². The number of carbonyl (C=O) groups excluding carboxylic acids is 2. The lowest BCUT2D eigenvalue weighted by Crippen LogP contribution is -2.32. The van der Waals surface area contributed by atoms with E-state index in [1.54, 1.807) is 19.1 Å². The fraction of sp³-hybridized carbons (Fsp3) is 0.333. The van der Waals surface area contributed by atoms with Crippen molar-refractivity contribution in [3.8, 4) is 5.69 Å².